The summed E-state index contributed by atoms with van der Waals surface area (Å²) >= 11 is 0. The number of rotatable bonds is 4. The Hall–Kier alpha value is -1.83. The summed E-state index contributed by atoms with van der Waals surface area (Å²) < 4.78 is 5.28. The van der Waals surface area contributed by atoms with Crippen LogP contribution >= 0.6 is 0 Å². The Labute approximate surface area is 95.2 Å². The number of hydrogen-bond donors (Lipinski definition) is 0. The van der Waals surface area contributed by atoms with E-state index in [1.165, 1.54) is 0 Å². The van der Waals surface area contributed by atoms with E-state index in [0.717, 1.165) is 18.4 Å². The van der Waals surface area contributed by atoms with E-state index in [-0.39, 0.29) is 5.97 Å². The molecule has 0 heterocycles. The van der Waals surface area contributed by atoms with Gasteiger partial charge in [-0.15, -0.1) is 0 Å². The highest BCUT2D eigenvalue weighted by Gasteiger charge is 2.31. The first-order valence-corrected chi connectivity index (χ1v) is 5.41. The van der Waals surface area contributed by atoms with Crippen molar-refractivity contribution in [3.05, 3.63) is 54.6 Å². The third-order valence-electron chi connectivity index (χ3n) is 2.50. The molecule has 2 heteroatoms. The van der Waals surface area contributed by atoms with Crippen LogP contribution in [0.1, 0.15) is 12.8 Å². The van der Waals surface area contributed by atoms with Gasteiger partial charge in [0.1, 0.15) is 5.75 Å². The van der Waals surface area contributed by atoms with Gasteiger partial charge in [-0.2, -0.15) is 0 Å². The zero-order chi connectivity index (χ0) is 11.4. The molecule has 0 aromatic heterocycles. The molecule has 0 atom stereocenters. The molecule has 0 bridgehead atoms. The van der Waals surface area contributed by atoms with Crippen molar-refractivity contribution < 1.29 is 9.53 Å². The number of carbonyl (C=O) groups excluding carboxylic acids is 1. The molecule has 0 saturated heterocycles. The average Bonchev–Trinajstić information content (AvgIpc) is 3.11. The van der Waals surface area contributed by atoms with Gasteiger partial charge in [-0.05, 0) is 30.9 Å². The first-order valence-electron chi connectivity index (χ1n) is 5.41. The lowest BCUT2D eigenvalue weighted by Crippen LogP contribution is -2.12. The van der Waals surface area contributed by atoms with E-state index < -0.39 is 0 Å². The van der Waals surface area contributed by atoms with E-state index in [9.17, 15) is 4.79 Å². The van der Waals surface area contributed by atoms with Crippen LogP contribution in [-0.4, -0.2) is 5.97 Å². The van der Waals surface area contributed by atoms with E-state index in [2.05, 4.69) is 6.58 Å². The van der Waals surface area contributed by atoms with Crippen LogP contribution in [0.3, 0.4) is 0 Å². The molecular formula is C14H14O2. The van der Waals surface area contributed by atoms with Crippen LogP contribution < -0.4 is 4.74 Å². The molecule has 1 fully saturated rings. The van der Waals surface area contributed by atoms with Crippen molar-refractivity contribution >= 4 is 5.97 Å². The third-order valence-corrected chi connectivity index (χ3v) is 2.50. The van der Waals surface area contributed by atoms with E-state index in [1.54, 1.807) is 24.3 Å². The predicted octanol–water partition coefficient (Wildman–Crippen LogP) is 3.11. The molecule has 2 nitrogen and oxygen atoms in total. The van der Waals surface area contributed by atoms with Crippen LogP contribution in [0.5, 0.6) is 5.75 Å². The molecule has 2 rings (SSSR count). The lowest BCUT2D eigenvalue weighted by molar-refractivity contribution is -0.130. The second-order valence-electron chi connectivity index (χ2n) is 3.83. The summed E-state index contributed by atoms with van der Waals surface area (Å²) in [5, 5.41) is 0. The van der Waals surface area contributed by atoms with Gasteiger partial charge in [-0.25, -0.2) is 4.79 Å². The molecule has 16 heavy (non-hydrogen) atoms. The summed E-state index contributed by atoms with van der Waals surface area (Å²) in [4.78, 5) is 11.8. The fourth-order valence-corrected chi connectivity index (χ4v) is 1.55. The summed E-state index contributed by atoms with van der Waals surface area (Å²) in [6.45, 7) is 3.62. The molecule has 1 aliphatic carbocycles. The summed E-state index contributed by atoms with van der Waals surface area (Å²) in [6, 6.07) is 9.12. The highest BCUT2D eigenvalue weighted by atomic mass is 16.5. The molecule has 1 saturated carbocycles. The van der Waals surface area contributed by atoms with E-state index in [4.69, 9.17) is 4.74 Å². The first kappa shape index (κ1) is 10.7. The van der Waals surface area contributed by atoms with Crippen LogP contribution in [0.25, 0.3) is 0 Å². The number of ether oxygens (including phenoxy) is 1. The Morgan fingerprint density at radius 3 is 2.56 bits per heavy atom. The first-order chi connectivity index (χ1) is 7.81. The summed E-state index contributed by atoms with van der Waals surface area (Å²) in [6.07, 6.45) is 5.54. The fraction of sp³-hybridized carbons (Fsp3) is 0.214. The Morgan fingerprint density at radius 2 is 2.00 bits per heavy atom. The van der Waals surface area contributed by atoms with Gasteiger partial charge in [0.05, 0.1) is 0 Å². The minimum Gasteiger partial charge on any atom is -0.423 e. The van der Waals surface area contributed by atoms with Crippen LogP contribution in [0.15, 0.2) is 54.6 Å². The summed E-state index contributed by atoms with van der Waals surface area (Å²) in [7, 11) is 0. The fourth-order valence-electron chi connectivity index (χ4n) is 1.55. The Kier molecular flexibility index (Phi) is 3.20. The Balaban J connectivity index is 2.07. The maximum Gasteiger partial charge on any atom is 0.339 e. The van der Waals surface area contributed by atoms with Crippen molar-refractivity contribution in [3.8, 4) is 5.75 Å². The van der Waals surface area contributed by atoms with Gasteiger partial charge in [0, 0.05) is 5.57 Å². The van der Waals surface area contributed by atoms with Crippen molar-refractivity contribution in [2.24, 2.45) is 5.92 Å². The Morgan fingerprint density at radius 1 is 1.31 bits per heavy atom. The Bertz CT molecular complexity index is 414. The van der Waals surface area contributed by atoms with Crippen LogP contribution in [0.4, 0.5) is 0 Å². The van der Waals surface area contributed by atoms with Crippen molar-refractivity contribution in [3.63, 3.8) is 0 Å². The average molecular weight is 214 g/mol. The molecular weight excluding hydrogens is 200 g/mol. The van der Waals surface area contributed by atoms with Crippen molar-refractivity contribution in [2.45, 2.75) is 12.8 Å². The molecule has 0 radical (unpaired) electrons. The lowest BCUT2D eigenvalue weighted by atomic mass is 10.1. The zero-order valence-corrected chi connectivity index (χ0v) is 9.06. The van der Waals surface area contributed by atoms with E-state index in [0.29, 0.717) is 11.7 Å². The maximum atomic E-state index is 11.8. The molecule has 0 aliphatic heterocycles. The summed E-state index contributed by atoms with van der Waals surface area (Å²) in [5.74, 6) is 0.700. The molecule has 1 aromatic rings. The number of carbonyl (C=O) groups is 1. The molecule has 0 unspecified atom stereocenters. The molecule has 1 aromatic carbocycles. The standard InChI is InChI=1S/C14H14O2/c1-2-6-13(11-9-10-11)14(15)16-12-7-4-3-5-8-12/h2-8,11H,1,9-10H2. The van der Waals surface area contributed by atoms with Crippen molar-refractivity contribution in [2.75, 3.05) is 0 Å². The molecule has 0 N–H and O–H groups in total. The van der Waals surface area contributed by atoms with E-state index >= 15 is 0 Å². The minimum absolute atomic E-state index is 0.256. The second kappa shape index (κ2) is 4.79. The summed E-state index contributed by atoms with van der Waals surface area (Å²) in [5.41, 5.74) is 0.735. The van der Waals surface area contributed by atoms with Crippen molar-refractivity contribution in [1.82, 2.24) is 0 Å². The second-order valence-corrected chi connectivity index (χ2v) is 3.83. The molecule has 82 valence electrons. The smallest absolute Gasteiger partial charge is 0.339 e. The molecule has 0 spiro atoms. The van der Waals surface area contributed by atoms with Gasteiger partial charge in [0.15, 0.2) is 0 Å². The number of benzene rings is 1. The SMILES string of the molecule is C=CC=C(C(=O)Oc1ccccc1)C1CC1. The van der Waals surface area contributed by atoms with Gasteiger partial charge >= 0.3 is 5.97 Å². The molecule has 0 amide bonds. The third kappa shape index (κ3) is 2.60. The van der Waals surface area contributed by atoms with Gasteiger partial charge < -0.3 is 4.74 Å². The number of para-hydroxylation sites is 1. The van der Waals surface area contributed by atoms with Gasteiger partial charge in [0.25, 0.3) is 0 Å². The normalized spacial score (nSPS) is 15.6. The minimum atomic E-state index is -0.256. The van der Waals surface area contributed by atoms with Gasteiger partial charge in [-0.3, -0.25) is 0 Å². The number of allylic oxidation sites excluding steroid dienone is 2. The quantitative estimate of drug-likeness (QED) is 0.333. The van der Waals surface area contributed by atoms with Gasteiger partial charge in [-0.1, -0.05) is 36.9 Å². The van der Waals surface area contributed by atoms with Crippen molar-refractivity contribution in [1.29, 1.82) is 0 Å². The van der Waals surface area contributed by atoms with Gasteiger partial charge in [0.2, 0.25) is 0 Å². The van der Waals surface area contributed by atoms with Crippen LogP contribution in [-0.2, 0) is 4.79 Å². The number of hydrogen-bond acceptors (Lipinski definition) is 2. The van der Waals surface area contributed by atoms with E-state index in [1.807, 2.05) is 18.2 Å². The van der Waals surface area contributed by atoms with Crippen LogP contribution in [0, 0.1) is 5.92 Å². The van der Waals surface area contributed by atoms with Crippen LogP contribution in [0.2, 0.25) is 0 Å². The largest absolute Gasteiger partial charge is 0.423 e. The monoisotopic (exact) mass is 214 g/mol. The zero-order valence-electron chi connectivity index (χ0n) is 9.06. The maximum absolute atomic E-state index is 11.8. The highest BCUT2D eigenvalue weighted by molar-refractivity contribution is 5.91. The topological polar surface area (TPSA) is 26.3 Å². The lowest BCUT2D eigenvalue weighted by Gasteiger charge is -2.06. The highest BCUT2D eigenvalue weighted by Crippen LogP contribution is 2.37. The molecule has 1 aliphatic rings. The predicted molar refractivity (Wildman–Crippen MR) is 63.1 cm³/mol. The number of esters is 1.